The summed E-state index contributed by atoms with van der Waals surface area (Å²) in [7, 11) is 0. The van der Waals surface area contributed by atoms with Crippen LogP contribution in [0.1, 0.15) is 53.4 Å². The van der Waals surface area contributed by atoms with Gasteiger partial charge < -0.3 is 15.3 Å². The van der Waals surface area contributed by atoms with E-state index < -0.39 is 0 Å². The van der Waals surface area contributed by atoms with Gasteiger partial charge in [0.15, 0.2) is 0 Å². The van der Waals surface area contributed by atoms with Gasteiger partial charge in [-0.2, -0.15) is 0 Å². The molecule has 0 aromatic rings. The number of likely N-dealkylation sites (tertiary alicyclic amines) is 1. The molecule has 2 N–H and O–H groups in total. The minimum atomic E-state index is -0.125. The standard InChI is InChI=1S/C17H34N2O/c1-5-7-16-10-18-11-17(8-6-2,15(16)20)13-19(12-16)9-14(3)4/h14-15,18,20H,5-13H2,1-4H3. The molecule has 3 nitrogen and oxygen atoms in total. The van der Waals surface area contributed by atoms with Crippen molar-refractivity contribution in [1.29, 1.82) is 0 Å². The Bertz CT molecular complexity index is 288. The molecule has 2 heterocycles. The third kappa shape index (κ3) is 2.90. The molecule has 20 heavy (non-hydrogen) atoms. The monoisotopic (exact) mass is 282 g/mol. The van der Waals surface area contributed by atoms with Gasteiger partial charge in [0.25, 0.3) is 0 Å². The number of aliphatic hydroxyl groups excluding tert-OH is 1. The van der Waals surface area contributed by atoms with Crippen molar-refractivity contribution in [3.05, 3.63) is 0 Å². The van der Waals surface area contributed by atoms with Gasteiger partial charge in [-0.25, -0.2) is 0 Å². The van der Waals surface area contributed by atoms with Crippen molar-refractivity contribution in [2.45, 2.75) is 59.5 Å². The highest BCUT2D eigenvalue weighted by Crippen LogP contribution is 2.48. The van der Waals surface area contributed by atoms with Crippen LogP contribution in [0.2, 0.25) is 0 Å². The molecule has 2 aliphatic heterocycles. The number of hydrogen-bond acceptors (Lipinski definition) is 3. The molecule has 0 aromatic heterocycles. The third-order valence-electron chi connectivity index (χ3n) is 5.31. The molecule has 0 spiro atoms. The molecule has 0 aromatic carbocycles. The Balaban J connectivity index is 2.26. The highest BCUT2D eigenvalue weighted by atomic mass is 16.3. The van der Waals surface area contributed by atoms with Crippen molar-refractivity contribution >= 4 is 0 Å². The molecule has 2 saturated heterocycles. The van der Waals surface area contributed by atoms with Gasteiger partial charge in [0.2, 0.25) is 0 Å². The highest BCUT2D eigenvalue weighted by Gasteiger charge is 2.56. The molecular formula is C17H34N2O. The predicted octanol–water partition coefficient (Wildman–Crippen LogP) is 2.50. The zero-order valence-corrected chi connectivity index (χ0v) is 13.9. The maximum atomic E-state index is 11.1. The molecule has 2 unspecified atom stereocenters. The van der Waals surface area contributed by atoms with E-state index in [0.29, 0.717) is 5.92 Å². The molecular weight excluding hydrogens is 248 g/mol. The van der Waals surface area contributed by atoms with Crippen LogP contribution in [0.15, 0.2) is 0 Å². The van der Waals surface area contributed by atoms with Crippen LogP contribution in [0, 0.1) is 16.7 Å². The molecule has 3 heteroatoms. The molecule has 118 valence electrons. The number of aliphatic hydroxyl groups is 1. The van der Waals surface area contributed by atoms with E-state index in [1.54, 1.807) is 0 Å². The smallest absolute Gasteiger partial charge is 0.0701 e. The fourth-order valence-corrected chi connectivity index (χ4v) is 4.88. The van der Waals surface area contributed by atoms with E-state index in [9.17, 15) is 5.11 Å². The zero-order valence-electron chi connectivity index (χ0n) is 13.9. The van der Waals surface area contributed by atoms with E-state index in [1.165, 1.54) is 6.54 Å². The predicted molar refractivity (Wildman–Crippen MR) is 84.8 cm³/mol. The van der Waals surface area contributed by atoms with E-state index in [-0.39, 0.29) is 16.9 Å². The molecule has 2 bridgehead atoms. The first kappa shape index (κ1) is 16.3. The molecule has 2 fully saturated rings. The number of nitrogens with one attached hydrogen (secondary N) is 1. The van der Waals surface area contributed by atoms with E-state index in [2.05, 4.69) is 37.9 Å². The van der Waals surface area contributed by atoms with Gasteiger partial charge in [-0.05, 0) is 18.8 Å². The van der Waals surface area contributed by atoms with Crippen LogP contribution in [0.3, 0.4) is 0 Å². The normalized spacial score (nSPS) is 38.4. The molecule has 0 aliphatic carbocycles. The van der Waals surface area contributed by atoms with Crippen LogP contribution in [0.4, 0.5) is 0 Å². The molecule has 2 aliphatic rings. The van der Waals surface area contributed by atoms with Gasteiger partial charge in [0.1, 0.15) is 0 Å². The lowest BCUT2D eigenvalue weighted by Gasteiger charge is -2.60. The summed E-state index contributed by atoms with van der Waals surface area (Å²) in [6.45, 7) is 14.4. The van der Waals surface area contributed by atoms with Gasteiger partial charge in [-0.3, -0.25) is 0 Å². The maximum absolute atomic E-state index is 11.1. The first-order valence-corrected chi connectivity index (χ1v) is 8.59. The number of fused-ring (bicyclic) bond motifs is 2. The number of hydrogen-bond donors (Lipinski definition) is 2. The quantitative estimate of drug-likeness (QED) is 0.786. The van der Waals surface area contributed by atoms with Crippen molar-refractivity contribution < 1.29 is 5.11 Å². The summed E-state index contributed by atoms with van der Waals surface area (Å²) >= 11 is 0. The Morgan fingerprint density at radius 3 is 2.00 bits per heavy atom. The summed E-state index contributed by atoms with van der Waals surface area (Å²) in [5, 5.41) is 14.8. The Morgan fingerprint density at radius 2 is 1.60 bits per heavy atom. The second kappa shape index (κ2) is 6.33. The summed E-state index contributed by atoms with van der Waals surface area (Å²) in [4.78, 5) is 2.64. The summed E-state index contributed by atoms with van der Waals surface area (Å²) in [5.74, 6) is 0.705. The maximum Gasteiger partial charge on any atom is 0.0701 e. The highest BCUT2D eigenvalue weighted by molar-refractivity contribution is 5.09. The van der Waals surface area contributed by atoms with Gasteiger partial charge in [0.05, 0.1) is 6.10 Å². The SMILES string of the molecule is CCCC12CNCC(CCC)(CN(CC(C)C)C1)C2O. The number of rotatable bonds is 6. The van der Waals surface area contributed by atoms with E-state index in [4.69, 9.17) is 0 Å². The van der Waals surface area contributed by atoms with Gasteiger partial charge >= 0.3 is 0 Å². The fourth-order valence-electron chi connectivity index (χ4n) is 4.88. The molecule has 0 radical (unpaired) electrons. The second-order valence-electron chi connectivity index (χ2n) is 7.79. The molecule has 0 amide bonds. The van der Waals surface area contributed by atoms with Crippen LogP contribution in [-0.2, 0) is 0 Å². The Hall–Kier alpha value is -0.120. The lowest BCUT2D eigenvalue weighted by molar-refractivity contribution is -0.164. The second-order valence-corrected chi connectivity index (χ2v) is 7.79. The Kier molecular flexibility index (Phi) is 5.14. The average Bonchev–Trinajstić information content (AvgIpc) is 2.33. The third-order valence-corrected chi connectivity index (χ3v) is 5.31. The zero-order chi connectivity index (χ0) is 14.8. The van der Waals surface area contributed by atoms with Crippen molar-refractivity contribution in [3.63, 3.8) is 0 Å². The van der Waals surface area contributed by atoms with Gasteiger partial charge in [0, 0.05) is 43.6 Å². The minimum Gasteiger partial charge on any atom is -0.392 e. The van der Waals surface area contributed by atoms with Crippen molar-refractivity contribution in [1.82, 2.24) is 10.2 Å². The van der Waals surface area contributed by atoms with Crippen LogP contribution in [-0.4, -0.2) is 48.8 Å². The van der Waals surface area contributed by atoms with Crippen LogP contribution in [0.5, 0.6) is 0 Å². The molecule has 0 saturated carbocycles. The Morgan fingerprint density at radius 1 is 1.10 bits per heavy atom. The summed E-state index contributed by atoms with van der Waals surface area (Å²) in [6, 6.07) is 0. The number of piperidine rings is 2. The van der Waals surface area contributed by atoms with E-state index >= 15 is 0 Å². The average molecular weight is 282 g/mol. The summed E-state index contributed by atoms with van der Waals surface area (Å²) in [6.07, 6.45) is 4.48. The number of nitrogens with zero attached hydrogens (tertiary/aromatic N) is 1. The lowest BCUT2D eigenvalue weighted by atomic mass is 9.59. The van der Waals surface area contributed by atoms with E-state index in [0.717, 1.165) is 51.9 Å². The van der Waals surface area contributed by atoms with Crippen molar-refractivity contribution in [3.8, 4) is 0 Å². The van der Waals surface area contributed by atoms with Crippen molar-refractivity contribution in [2.24, 2.45) is 16.7 Å². The minimum absolute atomic E-state index is 0.0787. The van der Waals surface area contributed by atoms with Gasteiger partial charge in [-0.15, -0.1) is 0 Å². The van der Waals surface area contributed by atoms with Crippen molar-refractivity contribution in [2.75, 3.05) is 32.7 Å². The summed E-state index contributed by atoms with van der Waals surface area (Å²) in [5.41, 5.74) is 0.157. The Labute approximate surface area is 125 Å². The summed E-state index contributed by atoms with van der Waals surface area (Å²) < 4.78 is 0. The largest absolute Gasteiger partial charge is 0.392 e. The van der Waals surface area contributed by atoms with E-state index in [1.807, 2.05) is 0 Å². The van der Waals surface area contributed by atoms with Crippen LogP contribution in [0.25, 0.3) is 0 Å². The van der Waals surface area contributed by atoms with Gasteiger partial charge in [-0.1, -0.05) is 40.5 Å². The van der Waals surface area contributed by atoms with Crippen LogP contribution < -0.4 is 5.32 Å². The topological polar surface area (TPSA) is 35.5 Å². The fraction of sp³-hybridized carbons (Fsp3) is 1.00. The first-order chi connectivity index (χ1) is 9.48. The lowest BCUT2D eigenvalue weighted by Crippen LogP contribution is -2.71. The molecule has 2 rings (SSSR count). The first-order valence-electron chi connectivity index (χ1n) is 8.59. The van der Waals surface area contributed by atoms with Crippen LogP contribution >= 0.6 is 0 Å². The molecule has 2 atom stereocenters.